The van der Waals surface area contributed by atoms with Gasteiger partial charge in [-0.15, -0.1) is 0 Å². The Morgan fingerprint density at radius 1 is 1.11 bits per heavy atom. The maximum Gasteiger partial charge on any atom is 0.271 e. The molecule has 4 aromatic rings. The van der Waals surface area contributed by atoms with E-state index in [0.29, 0.717) is 37.9 Å². The molecular weight excluding hydrogens is 516 g/mol. The Kier molecular flexibility index (Phi) is 7.01. The molecule has 1 fully saturated rings. The average Bonchev–Trinajstić information content (AvgIpc) is 2.95. The second-order valence-electron chi connectivity index (χ2n) is 9.33. The quantitative estimate of drug-likeness (QED) is 0.305. The van der Waals surface area contributed by atoms with E-state index in [2.05, 4.69) is 61.6 Å². The van der Waals surface area contributed by atoms with Gasteiger partial charge in [-0.05, 0) is 48.0 Å². The minimum Gasteiger partial charge on any atom is -0.379 e. The first-order valence-corrected chi connectivity index (χ1v) is 14.1. The lowest BCUT2D eigenvalue weighted by Crippen LogP contribution is -2.41. The molecule has 8 nitrogen and oxygen atoms in total. The third-order valence-corrected chi connectivity index (χ3v) is 9.12. The van der Waals surface area contributed by atoms with Crippen LogP contribution < -0.4 is 20.7 Å². The van der Waals surface area contributed by atoms with Gasteiger partial charge in [0.1, 0.15) is 11.8 Å². The molecule has 1 saturated heterocycles. The van der Waals surface area contributed by atoms with Crippen molar-refractivity contribution in [2.24, 2.45) is 0 Å². The summed E-state index contributed by atoms with van der Waals surface area (Å²) in [7, 11) is 3.88. The van der Waals surface area contributed by atoms with E-state index in [1.807, 2.05) is 37.2 Å². The predicted molar refractivity (Wildman–Crippen MR) is 153 cm³/mol. The maximum absolute atomic E-state index is 12.4. The number of pyridine rings is 1. The first kappa shape index (κ1) is 24.8. The number of aromatic nitrogens is 3. The van der Waals surface area contributed by atoms with Crippen molar-refractivity contribution in [1.29, 1.82) is 0 Å². The van der Waals surface area contributed by atoms with Crippen LogP contribution in [0, 0.1) is 0 Å². The standard InChI is InChI=1S/C28H28N6O2S2/c1-33(2)28-30-12-10-19(32-28)16-31-18-8-9-23-25(15-18)37-24-7-3-5-20(26(24)38-23)22-17-34(13-14-36-22)21-6-4-11-29-27(21)35/h3-12,15,22,31H,13-14,16-17H2,1-2H3,(H,29,35). The summed E-state index contributed by atoms with van der Waals surface area (Å²) in [6.07, 6.45) is 3.36. The predicted octanol–water partition coefficient (Wildman–Crippen LogP) is 5.04. The van der Waals surface area contributed by atoms with Gasteiger partial charge in [-0.1, -0.05) is 35.7 Å². The van der Waals surface area contributed by atoms with Crippen LogP contribution in [0.15, 0.2) is 91.4 Å². The first-order valence-electron chi connectivity index (χ1n) is 12.5. The lowest BCUT2D eigenvalue weighted by Gasteiger charge is -2.35. The monoisotopic (exact) mass is 544 g/mol. The van der Waals surface area contributed by atoms with Gasteiger partial charge in [-0.25, -0.2) is 9.97 Å². The lowest BCUT2D eigenvalue weighted by atomic mass is 10.1. The van der Waals surface area contributed by atoms with E-state index in [1.165, 1.54) is 25.1 Å². The smallest absolute Gasteiger partial charge is 0.271 e. The number of rotatable bonds is 6. The molecule has 2 aromatic heterocycles. The van der Waals surface area contributed by atoms with Crippen LogP contribution in [0.4, 0.5) is 17.3 Å². The number of hydrogen-bond acceptors (Lipinski definition) is 9. The summed E-state index contributed by atoms with van der Waals surface area (Å²) in [5.41, 5.74) is 3.80. The molecule has 6 rings (SSSR count). The number of nitrogens with zero attached hydrogens (tertiary/aromatic N) is 4. The van der Waals surface area contributed by atoms with Crippen molar-refractivity contribution in [1.82, 2.24) is 15.0 Å². The summed E-state index contributed by atoms with van der Waals surface area (Å²) >= 11 is 3.58. The van der Waals surface area contributed by atoms with Crippen LogP contribution in [-0.2, 0) is 11.3 Å². The molecule has 0 radical (unpaired) electrons. The number of morpholine rings is 1. The summed E-state index contributed by atoms with van der Waals surface area (Å²) in [4.78, 5) is 33.0. The second kappa shape index (κ2) is 10.7. The number of anilines is 3. The molecule has 1 unspecified atom stereocenters. The van der Waals surface area contributed by atoms with Gasteiger partial charge in [-0.2, -0.15) is 0 Å². The van der Waals surface area contributed by atoms with Crippen molar-refractivity contribution in [2.45, 2.75) is 32.2 Å². The highest BCUT2D eigenvalue weighted by molar-refractivity contribution is 8.05. The van der Waals surface area contributed by atoms with Crippen molar-refractivity contribution < 1.29 is 4.74 Å². The zero-order valence-corrected chi connectivity index (χ0v) is 22.8. The zero-order valence-electron chi connectivity index (χ0n) is 21.2. The Hall–Kier alpha value is -3.47. The number of hydrogen-bond donors (Lipinski definition) is 2. The highest BCUT2D eigenvalue weighted by Crippen LogP contribution is 2.51. The number of ether oxygens (including phenoxy) is 1. The highest BCUT2D eigenvalue weighted by atomic mass is 32.2. The largest absolute Gasteiger partial charge is 0.379 e. The van der Waals surface area contributed by atoms with Gasteiger partial charge in [-0.3, -0.25) is 4.79 Å². The Bertz CT molecular complexity index is 1530. The molecule has 0 aliphatic carbocycles. The third-order valence-electron chi connectivity index (χ3n) is 6.51. The molecule has 4 heterocycles. The number of benzene rings is 2. The van der Waals surface area contributed by atoms with E-state index in [-0.39, 0.29) is 11.7 Å². The minimum absolute atomic E-state index is 0.0654. The Morgan fingerprint density at radius 2 is 2.03 bits per heavy atom. The lowest BCUT2D eigenvalue weighted by molar-refractivity contribution is 0.0378. The SMILES string of the molecule is CN(C)c1nccc(CNc2ccc3c(c2)Sc2cccc(C4CN(c5ccc[nH]c5=O)CCO4)c2S3)n1. The fourth-order valence-electron chi connectivity index (χ4n) is 4.60. The molecular formula is C28H28N6O2S2. The molecule has 2 aromatic carbocycles. The van der Waals surface area contributed by atoms with Crippen LogP contribution in [0.25, 0.3) is 0 Å². The van der Waals surface area contributed by atoms with Crippen LogP contribution in [-0.4, -0.2) is 48.7 Å². The van der Waals surface area contributed by atoms with Crippen molar-refractivity contribution in [3.8, 4) is 0 Å². The van der Waals surface area contributed by atoms with Crippen molar-refractivity contribution in [2.75, 3.05) is 48.9 Å². The van der Waals surface area contributed by atoms with E-state index in [9.17, 15) is 4.79 Å². The molecule has 2 N–H and O–H groups in total. The summed E-state index contributed by atoms with van der Waals surface area (Å²) < 4.78 is 6.23. The van der Waals surface area contributed by atoms with Gasteiger partial charge in [0.25, 0.3) is 5.56 Å². The van der Waals surface area contributed by atoms with Gasteiger partial charge in [0.15, 0.2) is 0 Å². The van der Waals surface area contributed by atoms with E-state index in [4.69, 9.17) is 4.74 Å². The molecule has 38 heavy (non-hydrogen) atoms. The Labute approximate surface area is 229 Å². The third kappa shape index (κ3) is 5.11. The summed E-state index contributed by atoms with van der Waals surface area (Å²) in [6, 6.07) is 18.6. The van der Waals surface area contributed by atoms with E-state index in [1.54, 1.807) is 35.9 Å². The van der Waals surface area contributed by atoms with Crippen LogP contribution in [0.1, 0.15) is 17.4 Å². The molecule has 1 atom stereocenters. The molecule has 0 spiro atoms. The number of H-pyrrole nitrogens is 1. The van der Waals surface area contributed by atoms with Crippen LogP contribution in [0.5, 0.6) is 0 Å². The number of nitrogens with one attached hydrogen (secondary N) is 2. The molecule has 194 valence electrons. The summed E-state index contributed by atoms with van der Waals surface area (Å²) in [5, 5.41) is 3.50. The van der Waals surface area contributed by atoms with Crippen molar-refractivity contribution in [3.63, 3.8) is 0 Å². The van der Waals surface area contributed by atoms with E-state index < -0.39 is 0 Å². The van der Waals surface area contributed by atoms with Crippen LogP contribution in [0.3, 0.4) is 0 Å². The van der Waals surface area contributed by atoms with Crippen molar-refractivity contribution in [3.05, 3.63) is 88.6 Å². The summed E-state index contributed by atoms with van der Waals surface area (Å²) in [5.74, 6) is 0.703. The minimum atomic E-state index is -0.103. The van der Waals surface area contributed by atoms with Crippen molar-refractivity contribution >= 4 is 40.8 Å². The zero-order chi connectivity index (χ0) is 26.1. The summed E-state index contributed by atoms with van der Waals surface area (Å²) in [6.45, 7) is 2.54. The fourth-order valence-corrected chi connectivity index (χ4v) is 7.05. The van der Waals surface area contributed by atoms with Crippen LogP contribution >= 0.6 is 23.5 Å². The van der Waals surface area contributed by atoms with Gasteiger partial charge in [0.05, 0.1) is 18.8 Å². The topological polar surface area (TPSA) is 86.4 Å². The molecule has 10 heteroatoms. The normalized spacial score (nSPS) is 16.5. The average molecular weight is 545 g/mol. The second-order valence-corrected chi connectivity index (χ2v) is 11.5. The van der Waals surface area contributed by atoms with Gasteiger partial charge in [0, 0.05) is 64.8 Å². The fraction of sp³-hybridized carbons (Fsp3) is 0.250. The van der Waals surface area contributed by atoms with Crippen LogP contribution in [0.2, 0.25) is 0 Å². The van der Waals surface area contributed by atoms with E-state index in [0.717, 1.165) is 11.4 Å². The van der Waals surface area contributed by atoms with Gasteiger partial charge < -0.3 is 24.8 Å². The first-order chi connectivity index (χ1) is 18.5. The highest BCUT2D eigenvalue weighted by Gasteiger charge is 2.29. The molecule has 0 bridgehead atoms. The molecule has 0 amide bonds. The Balaban J connectivity index is 1.19. The van der Waals surface area contributed by atoms with Gasteiger partial charge >= 0.3 is 0 Å². The number of fused-ring (bicyclic) bond motifs is 2. The number of aromatic amines is 1. The maximum atomic E-state index is 12.4. The molecule has 2 aliphatic rings. The van der Waals surface area contributed by atoms with Gasteiger partial charge in [0.2, 0.25) is 5.95 Å². The molecule has 0 saturated carbocycles. The Morgan fingerprint density at radius 3 is 2.89 bits per heavy atom. The van der Waals surface area contributed by atoms with E-state index >= 15 is 0 Å². The molecule has 2 aliphatic heterocycles.